The second-order valence-electron chi connectivity index (χ2n) is 0.703. The van der Waals surface area contributed by atoms with Crippen LogP contribution in [0.4, 0.5) is 4.39 Å². The van der Waals surface area contributed by atoms with Crippen molar-refractivity contribution < 1.29 is 9.18 Å². The number of amides is 1. The smallest absolute Gasteiger partial charge is 0.262 e. The first-order chi connectivity index (χ1) is 2.64. The van der Waals surface area contributed by atoms with Crippen LogP contribution >= 0.6 is 22.6 Å². The molecule has 0 aromatic rings. The van der Waals surface area contributed by atoms with Crippen molar-refractivity contribution in [1.82, 2.24) is 0 Å². The Balaban J connectivity index is 3.26. The van der Waals surface area contributed by atoms with Gasteiger partial charge in [0.1, 0.15) is 0 Å². The predicted octanol–water partition coefficient (Wildman–Crippen LogP) is 0.202. The predicted molar refractivity (Wildman–Crippen MR) is 28.1 cm³/mol. The molecule has 1 atom stereocenters. The standard InChI is InChI=1S/C2H3FINO/c3-1(4)2(5)6/h1H,(H2,5,6)/t1-/m1/s1. The van der Waals surface area contributed by atoms with Crippen LogP contribution in [0.25, 0.3) is 0 Å². The third-order valence-electron chi connectivity index (χ3n) is 0.215. The number of rotatable bonds is 1. The molecule has 0 rings (SSSR count). The van der Waals surface area contributed by atoms with Crippen LogP contribution in [0.2, 0.25) is 0 Å². The molecule has 0 aliphatic rings. The van der Waals surface area contributed by atoms with Gasteiger partial charge >= 0.3 is 0 Å². The largest absolute Gasteiger partial charge is 0.366 e. The van der Waals surface area contributed by atoms with Gasteiger partial charge in [-0.2, -0.15) is 0 Å². The molecular weight excluding hydrogens is 200 g/mol. The summed E-state index contributed by atoms with van der Waals surface area (Å²) in [6.45, 7) is 0. The summed E-state index contributed by atoms with van der Waals surface area (Å²) >= 11 is 1.29. The molecule has 0 saturated carbocycles. The van der Waals surface area contributed by atoms with Crippen molar-refractivity contribution in [1.29, 1.82) is 0 Å². The maximum atomic E-state index is 11.3. The molecule has 0 spiro atoms. The maximum Gasteiger partial charge on any atom is 0.262 e. The molecule has 0 aromatic heterocycles. The fraction of sp³-hybridized carbons (Fsp3) is 0.500. The molecule has 0 saturated heterocycles. The Morgan fingerprint density at radius 3 is 2.17 bits per heavy atom. The lowest BCUT2D eigenvalue weighted by Crippen LogP contribution is -2.18. The molecule has 0 aliphatic carbocycles. The highest BCUT2D eigenvalue weighted by Crippen LogP contribution is 1.97. The van der Waals surface area contributed by atoms with Crippen LogP contribution < -0.4 is 5.73 Å². The van der Waals surface area contributed by atoms with Crippen molar-refractivity contribution in [2.75, 3.05) is 0 Å². The van der Waals surface area contributed by atoms with Gasteiger partial charge in [0.2, 0.25) is 4.18 Å². The summed E-state index contributed by atoms with van der Waals surface area (Å²) < 4.78 is 9.80. The van der Waals surface area contributed by atoms with E-state index < -0.39 is 10.1 Å². The zero-order valence-corrected chi connectivity index (χ0v) is 4.98. The Kier molecular flexibility index (Phi) is 2.38. The third-order valence-corrected chi connectivity index (χ3v) is 0.829. The quantitative estimate of drug-likeness (QED) is 0.480. The van der Waals surface area contributed by atoms with Gasteiger partial charge in [-0.1, -0.05) is 0 Å². The van der Waals surface area contributed by atoms with Crippen molar-refractivity contribution in [2.45, 2.75) is 4.18 Å². The van der Waals surface area contributed by atoms with Crippen molar-refractivity contribution in [3.05, 3.63) is 0 Å². The first kappa shape index (κ1) is 6.13. The molecule has 2 nitrogen and oxygen atoms in total. The highest BCUT2D eigenvalue weighted by molar-refractivity contribution is 14.1. The van der Waals surface area contributed by atoms with Gasteiger partial charge in [0, 0.05) is 0 Å². The summed E-state index contributed by atoms with van der Waals surface area (Å²) in [7, 11) is 0. The summed E-state index contributed by atoms with van der Waals surface area (Å²) in [5, 5.41) is 0. The zero-order valence-electron chi connectivity index (χ0n) is 2.82. The number of carbonyl (C=O) groups excluding carboxylic acids is 1. The monoisotopic (exact) mass is 203 g/mol. The van der Waals surface area contributed by atoms with E-state index in [0.29, 0.717) is 0 Å². The molecule has 4 heteroatoms. The first-order valence-corrected chi connectivity index (χ1v) is 2.46. The van der Waals surface area contributed by atoms with Crippen molar-refractivity contribution in [3.8, 4) is 0 Å². The van der Waals surface area contributed by atoms with E-state index in [9.17, 15) is 9.18 Å². The van der Waals surface area contributed by atoms with Crippen LogP contribution in [0, 0.1) is 0 Å². The molecule has 0 radical (unpaired) electrons. The second-order valence-corrected chi connectivity index (χ2v) is 1.80. The fourth-order valence-corrected chi connectivity index (χ4v) is 0. The molecule has 0 aromatic carbocycles. The minimum Gasteiger partial charge on any atom is -0.366 e. The average Bonchev–Trinajstić information content (AvgIpc) is 1.36. The molecule has 2 N–H and O–H groups in total. The highest BCUT2D eigenvalue weighted by Gasteiger charge is 2.04. The Bertz CT molecular complexity index is 64.6. The lowest BCUT2D eigenvalue weighted by atomic mass is 10.7. The summed E-state index contributed by atoms with van der Waals surface area (Å²) in [6.07, 6.45) is 0. The van der Waals surface area contributed by atoms with Gasteiger partial charge in [-0.05, 0) is 22.6 Å². The molecule has 0 aliphatic heterocycles. The minimum atomic E-state index is -1.54. The molecule has 0 unspecified atom stereocenters. The second kappa shape index (κ2) is 2.33. The van der Waals surface area contributed by atoms with E-state index in [1.165, 1.54) is 22.6 Å². The van der Waals surface area contributed by atoms with Crippen molar-refractivity contribution in [2.24, 2.45) is 5.73 Å². The number of hydrogen-bond donors (Lipinski definition) is 1. The third kappa shape index (κ3) is 2.37. The van der Waals surface area contributed by atoms with Crippen LogP contribution in [0.15, 0.2) is 0 Å². The van der Waals surface area contributed by atoms with E-state index in [0.717, 1.165) is 0 Å². The van der Waals surface area contributed by atoms with E-state index in [-0.39, 0.29) is 0 Å². The van der Waals surface area contributed by atoms with Crippen LogP contribution in [0.5, 0.6) is 0 Å². The molecule has 36 valence electrons. The number of nitrogens with two attached hydrogens (primary N) is 1. The van der Waals surface area contributed by atoms with Gasteiger partial charge in [-0.15, -0.1) is 0 Å². The van der Waals surface area contributed by atoms with Crippen LogP contribution in [0.3, 0.4) is 0 Å². The van der Waals surface area contributed by atoms with Crippen LogP contribution in [0.1, 0.15) is 0 Å². The molecule has 6 heavy (non-hydrogen) atoms. The van der Waals surface area contributed by atoms with Crippen LogP contribution in [-0.4, -0.2) is 10.1 Å². The normalized spacial score (nSPS) is 13.7. The Morgan fingerprint density at radius 1 is 2.00 bits per heavy atom. The average molecular weight is 203 g/mol. The lowest BCUT2D eigenvalue weighted by Gasteiger charge is -1.84. The fourth-order valence-electron chi connectivity index (χ4n) is 0. The van der Waals surface area contributed by atoms with Gasteiger partial charge in [0.15, 0.2) is 0 Å². The first-order valence-electron chi connectivity index (χ1n) is 1.22. The van der Waals surface area contributed by atoms with Gasteiger partial charge in [-0.25, -0.2) is 4.39 Å². The van der Waals surface area contributed by atoms with E-state index in [1.807, 2.05) is 0 Å². The summed E-state index contributed by atoms with van der Waals surface area (Å²) in [5.41, 5.74) is 4.41. The number of hydrogen-bond acceptors (Lipinski definition) is 1. The Labute approximate surface area is 48.0 Å². The SMILES string of the molecule is NC(=O)[C@H](F)I. The molecular formula is C2H3FINO. The minimum absolute atomic E-state index is 0.921. The lowest BCUT2D eigenvalue weighted by molar-refractivity contribution is -0.119. The van der Waals surface area contributed by atoms with E-state index in [2.05, 4.69) is 5.73 Å². The van der Waals surface area contributed by atoms with Gasteiger partial charge in [-0.3, -0.25) is 4.79 Å². The van der Waals surface area contributed by atoms with E-state index >= 15 is 0 Å². The summed E-state index contributed by atoms with van der Waals surface area (Å²) in [6, 6.07) is 0. The number of alkyl halides is 2. The van der Waals surface area contributed by atoms with Gasteiger partial charge in [0.05, 0.1) is 0 Å². The maximum absolute atomic E-state index is 11.3. The number of halogens is 2. The van der Waals surface area contributed by atoms with E-state index in [4.69, 9.17) is 0 Å². The molecule has 1 amide bonds. The Morgan fingerprint density at radius 2 is 2.17 bits per heavy atom. The molecule has 0 fully saturated rings. The van der Waals surface area contributed by atoms with Crippen molar-refractivity contribution in [3.63, 3.8) is 0 Å². The van der Waals surface area contributed by atoms with E-state index in [1.54, 1.807) is 0 Å². The highest BCUT2D eigenvalue weighted by atomic mass is 127. The molecule has 0 bridgehead atoms. The van der Waals surface area contributed by atoms with Gasteiger partial charge < -0.3 is 5.73 Å². The van der Waals surface area contributed by atoms with Crippen LogP contribution in [-0.2, 0) is 4.79 Å². The van der Waals surface area contributed by atoms with Crippen molar-refractivity contribution >= 4 is 28.5 Å². The number of carbonyl (C=O) groups is 1. The number of primary amides is 1. The zero-order chi connectivity index (χ0) is 5.15. The van der Waals surface area contributed by atoms with Gasteiger partial charge in [0.25, 0.3) is 5.91 Å². The topological polar surface area (TPSA) is 43.1 Å². The molecule has 0 heterocycles. The summed E-state index contributed by atoms with van der Waals surface area (Å²) in [4.78, 5) is 9.54. The summed E-state index contributed by atoms with van der Waals surface area (Å²) in [5.74, 6) is -0.921. The Hall–Kier alpha value is 0.130.